The summed E-state index contributed by atoms with van der Waals surface area (Å²) < 4.78 is 16.1. The summed E-state index contributed by atoms with van der Waals surface area (Å²) in [6, 6.07) is 16.0. The van der Waals surface area contributed by atoms with Crippen molar-refractivity contribution in [2.75, 3.05) is 24.0 Å². The number of ether oxygens (including phenoxy) is 3. The van der Waals surface area contributed by atoms with E-state index in [1.807, 2.05) is 31.2 Å². The number of carbonyl (C=O) groups is 1. The Labute approximate surface area is 161 Å². The Morgan fingerprint density at radius 2 is 1.82 bits per heavy atom. The van der Waals surface area contributed by atoms with Crippen LogP contribution in [0, 0.1) is 0 Å². The standard InChI is InChI=1S/C20H18N4O4/c1-2-26-15-6-4-3-5-14(15)21-18-9-10-19(24-23-18)22-20(25)13-7-8-16-17(11-13)28-12-27-16/h3-11H,2,12H2,1H3,(H,21,23)(H,22,24,25). The maximum absolute atomic E-state index is 12.4. The number of anilines is 3. The molecule has 8 heteroatoms. The lowest BCUT2D eigenvalue weighted by atomic mass is 10.2. The lowest BCUT2D eigenvalue weighted by Gasteiger charge is -2.11. The molecule has 0 spiro atoms. The molecule has 0 unspecified atom stereocenters. The first-order chi connectivity index (χ1) is 13.7. The van der Waals surface area contributed by atoms with Gasteiger partial charge in [-0.25, -0.2) is 0 Å². The highest BCUT2D eigenvalue weighted by Gasteiger charge is 2.16. The van der Waals surface area contributed by atoms with Gasteiger partial charge in [-0.1, -0.05) is 12.1 Å². The molecule has 0 saturated carbocycles. The molecule has 28 heavy (non-hydrogen) atoms. The predicted octanol–water partition coefficient (Wildman–Crippen LogP) is 3.60. The van der Waals surface area contributed by atoms with Gasteiger partial charge in [0.1, 0.15) is 5.75 Å². The highest BCUT2D eigenvalue weighted by molar-refractivity contribution is 6.04. The number of hydrogen-bond acceptors (Lipinski definition) is 7. The molecule has 0 radical (unpaired) electrons. The topological polar surface area (TPSA) is 94.6 Å². The SMILES string of the molecule is CCOc1ccccc1Nc1ccc(NC(=O)c2ccc3c(c2)OCO3)nn1. The van der Waals surface area contributed by atoms with Crippen LogP contribution in [0.25, 0.3) is 0 Å². The summed E-state index contributed by atoms with van der Waals surface area (Å²) in [4.78, 5) is 12.4. The van der Waals surface area contributed by atoms with Crippen LogP contribution in [0.3, 0.4) is 0 Å². The molecular formula is C20H18N4O4. The summed E-state index contributed by atoms with van der Waals surface area (Å²) in [6.45, 7) is 2.65. The van der Waals surface area contributed by atoms with Crippen LogP contribution in [0.2, 0.25) is 0 Å². The summed E-state index contributed by atoms with van der Waals surface area (Å²) in [6.07, 6.45) is 0. The first-order valence-electron chi connectivity index (χ1n) is 8.76. The molecule has 1 aliphatic heterocycles. The van der Waals surface area contributed by atoms with Crippen LogP contribution in [0.4, 0.5) is 17.3 Å². The van der Waals surface area contributed by atoms with Crippen molar-refractivity contribution in [1.29, 1.82) is 0 Å². The smallest absolute Gasteiger partial charge is 0.257 e. The van der Waals surface area contributed by atoms with Gasteiger partial charge in [0, 0.05) is 5.56 Å². The Hall–Kier alpha value is -3.81. The Balaban J connectivity index is 1.43. The van der Waals surface area contributed by atoms with Gasteiger partial charge in [-0.2, -0.15) is 0 Å². The van der Waals surface area contributed by atoms with Gasteiger partial charge in [0.25, 0.3) is 5.91 Å². The summed E-state index contributed by atoms with van der Waals surface area (Å²) in [5, 5.41) is 14.0. The molecule has 1 aromatic heterocycles. The number of nitrogens with one attached hydrogen (secondary N) is 2. The van der Waals surface area contributed by atoms with Gasteiger partial charge >= 0.3 is 0 Å². The van der Waals surface area contributed by atoms with Gasteiger partial charge in [0.15, 0.2) is 23.1 Å². The van der Waals surface area contributed by atoms with Crippen molar-refractivity contribution in [1.82, 2.24) is 10.2 Å². The van der Waals surface area contributed by atoms with Crippen molar-refractivity contribution in [3.8, 4) is 17.2 Å². The zero-order valence-electron chi connectivity index (χ0n) is 15.1. The highest BCUT2D eigenvalue weighted by Crippen LogP contribution is 2.32. The molecule has 1 aliphatic rings. The van der Waals surface area contributed by atoms with Gasteiger partial charge in [-0.05, 0) is 49.4 Å². The second kappa shape index (κ2) is 7.83. The molecule has 8 nitrogen and oxygen atoms in total. The average Bonchev–Trinajstić information content (AvgIpc) is 3.19. The van der Waals surface area contributed by atoms with E-state index in [1.54, 1.807) is 30.3 Å². The quantitative estimate of drug-likeness (QED) is 0.677. The number of aromatic nitrogens is 2. The summed E-state index contributed by atoms with van der Waals surface area (Å²) in [5.74, 6) is 2.46. The van der Waals surface area contributed by atoms with Crippen molar-refractivity contribution in [2.24, 2.45) is 0 Å². The van der Waals surface area contributed by atoms with E-state index in [-0.39, 0.29) is 12.7 Å². The van der Waals surface area contributed by atoms with Crippen LogP contribution in [0.15, 0.2) is 54.6 Å². The lowest BCUT2D eigenvalue weighted by molar-refractivity contribution is 0.102. The minimum atomic E-state index is -0.310. The van der Waals surface area contributed by atoms with E-state index < -0.39 is 0 Å². The van der Waals surface area contributed by atoms with Gasteiger partial charge < -0.3 is 24.8 Å². The fourth-order valence-electron chi connectivity index (χ4n) is 2.68. The second-order valence-electron chi connectivity index (χ2n) is 5.88. The third kappa shape index (κ3) is 3.80. The number of hydrogen-bond donors (Lipinski definition) is 2. The fourth-order valence-corrected chi connectivity index (χ4v) is 2.68. The minimum Gasteiger partial charge on any atom is -0.492 e. The number of benzene rings is 2. The average molecular weight is 378 g/mol. The number of fused-ring (bicyclic) bond motifs is 1. The second-order valence-corrected chi connectivity index (χ2v) is 5.88. The van der Waals surface area contributed by atoms with E-state index in [4.69, 9.17) is 14.2 Å². The monoisotopic (exact) mass is 378 g/mol. The maximum Gasteiger partial charge on any atom is 0.257 e. The number of carbonyl (C=O) groups excluding carboxylic acids is 1. The normalized spacial score (nSPS) is 11.8. The molecule has 2 aromatic carbocycles. The van der Waals surface area contributed by atoms with Gasteiger partial charge in [0.05, 0.1) is 12.3 Å². The third-order valence-corrected chi connectivity index (χ3v) is 3.99. The van der Waals surface area contributed by atoms with Crippen LogP contribution in [-0.2, 0) is 0 Å². The van der Waals surface area contributed by atoms with Crippen LogP contribution in [-0.4, -0.2) is 29.5 Å². The molecule has 1 amide bonds. The zero-order valence-corrected chi connectivity index (χ0v) is 15.1. The molecule has 3 aromatic rings. The molecule has 0 aliphatic carbocycles. The largest absolute Gasteiger partial charge is 0.492 e. The molecule has 0 bridgehead atoms. The van der Waals surface area contributed by atoms with Crippen LogP contribution < -0.4 is 24.8 Å². The van der Waals surface area contributed by atoms with Gasteiger partial charge in [0.2, 0.25) is 6.79 Å². The lowest BCUT2D eigenvalue weighted by Crippen LogP contribution is -2.13. The van der Waals surface area contributed by atoms with E-state index in [1.165, 1.54) is 0 Å². The molecule has 4 rings (SSSR count). The summed E-state index contributed by atoms with van der Waals surface area (Å²) in [5.41, 5.74) is 1.23. The van der Waals surface area contributed by atoms with E-state index in [0.29, 0.717) is 35.3 Å². The minimum absolute atomic E-state index is 0.159. The Kier molecular flexibility index (Phi) is 4.92. The number of para-hydroxylation sites is 2. The van der Waals surface area contributed by atoms with Crippen molar-refractivity contribution < 1.29 is 19.0 Å². The molecule has 0 fully saturated rings. The number of amides is 1. The van der Waals surface area contributed by atoms with Crippen molar-refractivity contribution in [3.63, 3.8) is 0 Å². The molecule has 0 saturated heterocycles. The Morgan fingerprint density at radius 3 is 2.64 bits per heavy atom. The maximum atomic E-state index is 12.4. The van der Waals surface area contributed by atoms with E-state index in [2.05, 4.69) is 20.8 Å². The summed E-state index contributed by atoms with van der Waals surface area (Å²) in [7, 11) is 0. The van der Waals surface area contributed by atoms with Gasteiger partial charge in [-0.15, -0.1) is 10.2 Å². The molecule has 2 N–H and O–H groups in total. The first kappa shape index (κ1) is 17.6. The van der Waals surface area contributed by atoms with Crippen molar-refractivity contribution >= 4 is 23.2 Å². The Bertz CT molecular complexity index is 992. The Morgan fingerprint density at radius 1 is 1.04 bits per heavy atom. The zero-order chi connectivity index (χ0) is 19.3. The first-order valence-corrected chi connectivity index (χ1v) is 8.76. The van der Waals surface area contributed by atoms with Crippen LogP contribution in [0.5, 0.6) is 17.2 Å². The van der Waals surface area contributed by atoms with Gasteiger partial charge in [-0.3, -0.25) is 4.79 Å². The fraction of sp³-hybridized carbons (Fsp3) is 0.150. The molecule has 2 heterocycles. The number of nitrogens with zero attached hydrogens (tertiary/aromatic N) is 2. The number of rotatable bonds is 6. The summed E-state index contributed by atoms with van der Waals surface area (Å²) >= 11 is 0. The van der Waals surface area contributed by atoms with Crippen LogP contribution >= 0.6 is 0 Å². The van der Waals surface area contributed by atoms with E-state index in [9.17, 15) is 4.79 Å². The molecule has 142 valence electrons. The predicted molar refractivity (Wildman–Crippen MR) is 103 cm³/mol. The molecule has 0 atom stereocenters. The molecular weight excluding hydrogens is 360 g/mol. The van der Waals surface area contributed by atoms with E-state index in [0.717, 1.165) is 11.4 Å². The van der Waals surface area contributed by atoms with Crippen LogP contribution in [0.1, 0.15) is 17.3 Å². The van der Waals surface area contributed by atoms with E-state index >= 15 is 0 Å². The van der Waals surface area contributed by atoms with Crippen molar-refractivity contribution in [2.45, 2.75) is 6.92 Å². The highest BCUT2D eigenvalue weighted by atomic mass is 16.7. The van der Waals surface area contributed by atoms with Crippen molar-refractivity contribution in [3.05, 3.63) is 60.2 Å². The third-order valence-electron chi connectivity index (χ3n) is 3.99.